The highest BCUT2D eigenvalue weighted by atomic mass is 32.2. The minimum absolute atomic E-state index is 0.0640. The van der Waals surface area contributed by atoms with E-state index >= 15 is 0 Å². The summed E-state index contributed by atoms with van der Waals surface area (Å²) in [5.41, 5.74) is 1.41. The molecule has 6 nitrogen and oxygen atoms in total. The van der Waals surface area contributed by atoms with Crippen molar-refractivity contribution in [1.29, 1.82) is 0 Å². The SMILES string of the molecule is C#CCNS(=O)(=O)c1ccc(C(=O)NC2CCCc3occc32)cc1. The Morgan fingerprint density at radius 1 is 1.28 bits per heavy atom. The number of hydrogen-bond donors (Lipinski definition) is 2. The van der Waals surface area contributed by atoms with Gasteiger partial charge in [-0.15, -0.1) is 6.42 Å². The van der Waals surface area contributed by atoms with Crippen molar-refractivity contribution in [2.45, 2.75) is 30.2 Å². The van der Waals surface area contributed by atoms with Crippen molar-refractivity contribution in [2.24, 2.45) is 0 Å². The maximum Gasteiger partial charge on any atom is 0.251 e. The topological polar surface area (TPSA) is 88.4 Å². The highest BCUT2D eigenvalue weighted by Gasteiger charge is 2.24. The Balaban J connectivity index is 1.71. The molecule has 0 bridgehead atoms. The Hall–Kier alpha value is -2.56. The van der Waals surface area contributed by atoms with E-state index < -0.39 is 10.0 Å². The van der Waals surface area contributed by atoms with Gasteiger partial charge in [-0.3, -0.25) is 4.79 Å². The molecule has 0 saturated heterocycles. The van der Waals surface area contributed by atoms with Crippen LogP contribution in [0.2, 0.25) is 0 Å². The number of furan rings is 1. The molecule has 0 spiro atoms. The molecular formula is C18H18N2O4S. The van der Waals surface area contributed by atoms with Crippen LogP contribution in [0, 0.1) is 12.3 Å². The van der Waals surface area contributed by atoms with Crippen LogP contribution in [0.4, 0.5) is 0 Å². The van der Waals surface area contributed by atoms with E-state index in [2.05, 4.69) is 16.0 Å². The lowest BCUT2D eigenvalue weighted by Crippen LogP contribution is -2.30. The van der Waals surface area contributed by atoms with Crippen molar-refractivity contribution in [3.8, 4) is 12.3 Å². The van der Waals surface area contributed by atoms with Crippen molar-refractivity contribution in [3.63, 3.8) is 0 Å². The molecule has 0 saturated carbocycles. The third-order valence-electron chi connectivity index (χ3n) is 4.15. The zero-order valence-electron chi connectivity index (χ0n) is 13.5. The molecular weight excluding hydrogens is 340 g/mol. The quantitative estimate of drug-likeness (QED) is 0.800. The first kappa shape index (κ1) is 17.3. The van der Waals surface area contributed by atoms with Crippen molar-refractivity contribution in [3.05, 3.63) is 53.5 Å². The fourth-order valence-electron chi connectivity index (χ4n) is 2.88. The maximum absolute atomic E-state index is 12.4. The lowest BCUT2D eigenvalue weighted by molar-refractivity contribution is 0.0932. The Morgan fingerprint density at radius 3 is 2.76 bits per heavy atom. The Bertz CT molecular complexity index is 907. The predicted octanol–water partition coefficient (Wildman–Crippen LogP) is 2.00. The first-order valence-corrected chi connectivity index (χ1v) is 9.40. The summed E-state index contributed by atoms with van der Waals surface area (Å²) in [6, 6.07) is 7.54. The summed E-state index contributed by atoms with van der Waals surface area (Å²) < 4.78 is 31.7. The second-order valence-corrected chi connectivity index (χ2v) is 7.54. The molecule has 1 aromatic heterocycles. The largest absolute Gasteiger partial charge is 0.469 e. The lowest BCUT2D eigenvalue weighted by atomic mass is 9.93. The van der Waals surface area contributed by atoms with Gasteiger partial charge in [-0.25, -0.2) is 8.42 Å². The highest BCUT2D eigenvalue weighted by Crippen LogP contribution is 2.30. The second-order valence-electron chi connectivity index (χ2n) is 5.77. The third-order valence-corrected chi connectivity index (χ3v) is 5.57. The number of sulfonamides is 1. The van der Waals surface area contributed by atoms with E-state index in [1.165, 1.54) is 24.3 Å². The molecule has 1 aliphatic carbocycles. The molecule has 0 aliphatic heterocycles. The molecule has 2 aromatic rings. The summed E-state index contributed by atoms with van der Waals surface area (Å²) in [6.45, 7) is -0.0840. The Labute approximate surface area is 146 Å². The minimum atomic E-state index is -3.66. The predicted molar refractivity (Wildman–Crippen MR) is 92.3 cm³/mol. The van der Waals surface area contributed by atoms with Crippen LogP contribution in [-0.2, 0) is 16.4 Å². The summed E-state index contributed by atoms with van der Waals surface area (Å²) in [5, 5.41) is 2.98. The standard InChI is InChI=1S/C18H18N2O4S/c1-2-11-19-25(22,23)14-8-6-13(7-9-14)18(21)20-16-4-3-5-17-15(16)10-12-24-17/h1,6-10,12,16,19H,3-5,11H2,(H,20,21). The number of aryl methyl sites for hydroxylation is 1. The number of carbonyl (C=O) groups is 1. The van der Waals surface area contributed by atoms with Crippen molar-refractivity contribution in [1.82, 2.24) is 10.0 Å². The van der Waals surface area contributed by atoms with E-state index in [9.17, 15) is 13.2 Å². The van der Waals surface area contributed by atoms with Gasteiger partial charge >= 0.3 is 0 Å². The van der Waals surface area contributed by atoms with Crippen LogP contribution in [0.3, 0.4) is 0 Å². The van der Waals surface area contributed by atoms with Gasteiger partial charge in [-0.05, 0) is 43.2 Å². The van der Waals surface area contributed by atoms with Gasteiger partial charge in [-0.1, -0.05) is 5.92 Å². The van der Waals surface area contributed by atoms with Gasteiger partial charge in [0.25, 0.3) is 5.91 Å². The molecule has 1 aromatic carbocycles. The summed E-state index contributed by atoms with van der Waals surface area (Å²) >= 11 is 0. The van der Waals surface area contributed by atoms with Crippen molar-refractivity contribution >= 4 is 15.9 Å². The fourth-order valence-corrected chi connectivity index (χ4v) is 3.82. The van der Waals surface area contributed by atoms with Gasteiger partial charge in [-0.2, -0.15) is 4.72 Å². The monoisotopic (exact) mass is 358 g/mol. The average Bonchev–Trinajstić information content (AvgIpc) is 3.10. The zero-order valence-corrected chi connectivity index (χ0v) is 14.3. The zero-order chi connectivity index (χ0) is 17.9. The number of amides is 1. The molecule has 1 amide bonds. The Morgan fingerprint density at radius 2 is 2.04 bits per heavy atom. The van der Waals surface area contributed by atoms with Crippen LogP contribution in [0.25, 0.3) is 0 Å². The van der Waals surface area contributed by atoms with Crippen LogP contribution in [0.1, 0.15) is 40.6 Å². The number of terminal acetylenes is 1. The van der Waals surface area contributed by atoms with Gasteiger partial charge < -0.3 is 9.73 Å². The number of hydrogen-bond acceptors (Lipinski definition) is 4. The fraction of sp³-hybridized carbons (Fsp3) is 0.278. The van der Waals surface area contributed by atoms with Crippen LogP contribution in [-0.4, -0.2) is 20.9 Å². The molecule has 1 atom stereocenters. The summed E-state index contributed by atoms with van der Waals surface area (Å²) in [4.78, 5) is 12.5. The van der Waals surface area contributed by atoms with Crippen LogP contribution in [0.15, 0.2) is 45.9 Å². The van der Waals surface area contributed by atoms with Gasteiger partial charge in [0.15, 0.2) is 0 Å². The molecule has 0 fully saturated rings. The number of benzene rings is 1. The van der Waals surface area contributed by atoms with Crippen LogP contribution in [0.5, 0.6) is 0 Å². The van der Waals surface area contributed by atoms with Crippen molar-refractivity contribution < 1.29 is 17.6 Å². The van der Waals surface area contributed by atoms with Gasteiger partial charge in [0, 0.05) is 17.5 Å². The van der Waals surface area contributed by atoms with Crippen LogP contribution < -0.4 is 10.0 Å². The maximum atomic E-state index is 12.4. The van der Waals surface area contributed by atoms with Gasteiger partial charge in [0.2, 0.25) is 10.0 Å². The molecule has 2 N–H and O–H groups in total. The summed E-state index contributed by atoms with van der Waals surface area (Å²) in [6.07, 6.45) is 9.37. The third kappa shape index (κ3) is 3.76. The number of fused-ring (bicyclic) bond motifs is 1. The molecule has 7 heteroatoms. The summed E-state index contributed by atoms with van der Waals surface area (Å²) in [5.74, 6) is 2.88. The van der Waals surface area contributed by atoms with E-state index in [4.69, 9.17) is 10.8 Å². The molecule has 1 aliphatic rings. The first-order valence-electron chi connectivity index (χ1n) is 7.91. The lowest BCUT2D eigenvalue weighted by Gasteiger charge is -2.22. The smallest absolute Gasteiger partial charge is 0.251 e. The van der Waals surface area contributed by atoms with E-state index in [0.29, 0.717) is 5.56 Å². The number of nitrogens with one attached hydrogen (secondary N) is 2. The van der Waals surface area contributed by atoms with E-state index in [1.807, 2.05) is 6.07 Å². The molecule has 3 rings (SSSR count). The van der Waals surface area contributed by atoms with Crippen molar-refractivity contribution in [2.75, 3.05) is 6.54 Å². The van der Waals surface area contributed by atoms with Crippen LogP contribution >= 0.6 is 0 Å². The molecule has 1 unspecified atom stereocenters. The normalized spacial score (nSPS) is 16.7. The number of rotatable bonds is 5. The van der Waals surface area contributed by atoms with Gasteiger partial charge in [0.1, 0.15) is 5.76 Å². The minimum Gasteiger partial charge on any atom is -0.469 e. The molecule has 130 valence electrons. The Kier molecular flexibility index (Phi) is 4.93. The van der Waals surface area contributed by atoms with Gasteiger partial charge in [0.05, 0.1) is 23.7 Å². The van der Waals surface area contributed by atoms with E-state index in [-0.39, 0.29) is 23.4 Å². The van der Waals surface area contributed by atoms with E-state index in [1.54, 1.807) is 6.26 Å². The second kappa shape index (κ2) is 7.13. The molecule has 25 heavy (non-hydrogen) atoms. The number of carbonyl (C=O) groups excluding carboxylic acids is 1. The summed E-state index contributed by atoms with van der Waals surface area (Å²) in [7, 11) is -3.66. The first-order chi connectivity index (χ1) is 12.0. The molecule has 0 radical (unpaired) electrons. The van der Waals surface area contributed by atoms with E-state index in [0.717, 1.165) is 30.6 Å². The average molecular weight is 358 g/mol. The molecule has 1 heterocycles. The highest BCUT2D eigenvalue weighted by molar-refractivity contribution is 7.89.